The Morgan fingerprint density at radius 2 is 1.88 bits per heavy atom. The minimum atomic E-state index is 0.603. The van der Waals surface area contributed by atoms with E-state index in [1.54, 1.807) is 11.3 Å². The van der Waals surface area contributed by atoms with Gasteiger partial charge < -0.3 is 11.1 Å². The zero-order chi connectivity index (χ0) is 12.1. The van der Waals surface area contributed by atoms with E-state index in [9.17, 15) is 0 Å². The number of aryl methyl sites for hydroxylation is 1. The minimum Gasteiger partial charge on any atom is -0.326 e. The van der Waals surface area contributed by atoms with E-state index < -0.39 is 0 Å². The van der Waals surface area contributed by atoms with Gasteiger partial charge in [0.15, 0.2) is 0 Å². The minimum absolute atomic E-state index is 0.603. The Morgan fingerprint density at radius 1 is 1.18 bits per heavy atom. The Kier molecular flexibility index (Phi) is 4.25. The molecule has 1 heterocycles. The van der Waals surface area contributed by atoms with Crippen LogP contribution < -0.4 is 11.1 Å². The molecule has 2 rings (SSSR count). The molecule has 0 atom stereocenters. The second-order valence-corrected chi connectivity index (χ2v) is 5.31. The first-order chi connectivity index (χ1) is 8.28. The number of nitrogens with one attached hydrogen (secondary N) is 1. The fourth-order valence-electron chi connectivity index (χ4n) is 1.59. The van der Waals surface area contributed by atoms with Crippen molar-refractivity contribution >= 4 is 11.3 Å². The largest absolute Gasteiger partial charge is 0.326 e. The van der Waals surface area contributed by atoms with Gasteiger partial charge >= 0.3 is 0 Å². The van der Waals surface area contributed by atoms with Gasteiger partial charge in [0.2, 0.25) is 0 Å². The van der Waals surface area contributed by atoms with E-state index in [0.717, 1.165) is 18.1 Å². The SMILES string of the molecule is Cc1cnc(CNCc2ccc(CN)cc2)s1. The van der Waals surface area contributed by atoms with Crippen LogP contribution in [0.25, 0.3) is 0 Å². The van der Waals surface area contributed by atoms with Crippen LogP contribution in [0.2, 0.25) is 0 Å². The number of nitrogens with zero attached hydrogens (tertiary/aromatic N) is 1. The topological polar surface area (TPSA) is 50.9 Å². The molecule has 0 bridgehead atoms. The summed E-state index contributed by atoms with van der Waals surface area (Å²) in [6.07, 6.45) is 1.91. The van der Waals surface area contributed by atoms with Crippen molar-refractivity contribution in [3.8, 4) is 0 Å². The zero-order valence-electron chi connectivity index (χ0n) is 9.94. The van der Waals surface area contributed by atoms with Gasteiger partial charge in [-0.05, 0) is 18.1 Å². The first kappa shape index (κ1) is 12.2. The number of thiazole rings is 1. The summed E-state index contributed by atoms with van der Waals surface area (Å²) in [5, 5.41) is 4.53. The van der Waals surface area contributed by atoms with Crippen LogP contribution in [-0.2, 0) is 19.6 Å². The maximum Gasteiger partial charge on any atom is 0.107 e. The van der Waals surface area contributed by atoms with Crippen LogP contribution in [0.1, 0.15) is 21.0 Å². The summed E-state index contributed by atoms with van der Waals surface area (Å²) in [5.41, 5.74) is 8.00. The van der Waals surface area contributed by atoms with Gasteiger partial charge in [0.05, 0.1) is 0 Å². The molecule has 0 aliphatic carbocycles. The highest BCUT2D eigenvalue weighted by Crippen LogP contribution is 2.11. The molecule has 1 aromatic heterocycles. The van der Waals surface area contributed by atoms with Crippen molar-refractivity contribution in [2.24, 2.45) is 5.73 Å². The average Bonchev–Trinajstić information content (AvgIpc) is 2.76. The van der Waals surface area contributed by atoms with Crippen molar-refractivity contribution in [2.45, 2.75) is 26.6 Å². The van der Waals surface area contributed by atoms with Crippen LogP contribution in [0, 0.1) is 6.92 Å². The van der Waals surface area contributed by atoms with Gasteiger partial charge in [-0.25, -0.2) is 4.98 Å². The van der Waals surface area contributed by atoms with Gasteiger partial charge in [-0.2, -0.15) is 0 Å². The maximum absolute atomic E-state index is 5.56. The van der Waals surface area contributed by atoms with Crippen molar-refractivity contribution in [1.82, 2.24) is 10.3 Å². The fraction of sp³-hybridized carbons (Fsp3) is 0.308. The van der Waals surface area contributed by atoms with Crippen molar-refractivity contribution < 1.29 is 0 Å². The van der Waals surface area contributed by atoms with E-state index in [2.05, 4.69) is 41.5 Å². The van der Waals surface area contributed by atoms with Crippen molar-refractivity contribution in [2.75, 3.05) is 0 Å². The molecule has 0 fully saturated rings. The molecule has 0 saturated carbocycles. The number of nitrogens with two attached hydrogens (primary N) is 1. The Hall–Kier alpha value is -1.23. The third-order valence-electron chi connectivity index (χ3n) is 2.53. The predicted molar refractivity (Wildman–Crippen MR) is 71.7 cm³/mol. The van der Waals surface area contributed by atoms with Gasteiger partial charge in [0.25, 0.3) is 0 Å². The van der Waals surface area contributed by atoms with E-state index in [0.29, 0.717) is 6.54 Å². The number of benzene rings is 1. The standard InChI is InChI=1S/C13H17N3S/c1-10-7-16-13(17-10)9-15-8-12-4-2-11(6-14)3-5-12/h2-5,7,15H,6,8-9,14H2,1H3. The average molecular weight is 247 g/mol. The molecule has 4 heteroatoms. The highest BCUT2D eigenvalue weighted by atomic mass is 32.1. The highest BCUT2D eigenvalue weighted by Gasteiger charge is 1.98. The lowest BCUT2D eigenvalue weighted by Crippen LogP contribution is -2.12. The normalized spacial score (nSPS) is 10.7. The molecule has 0 unspecified atom stereocenters. The molecule has 17 heavy (non-hydrogen) atoms. The van der Waals surface area contributed by atoms with Crippen LogP contribution in [0.15, 0.2) is 30.5 Å². The fourth-order valence-corrected chi connectivity index (χ4v) is 2.35. The molecule has 2 aromatic rings. The third kappa shape index (κ3) is 3.63. The Labute approximate surface area is 106 Å². The van der Waals surface area contributed by atoms with Gasteiger partial charge in [-0.3, -0.25) is 0 Å². The maximum atomic E-state index is 5.56. The first-order valence-corrected chi connectivity index (χ1v) is 6.49. The van der Waals surface area contributed by atoms with E-state index >= 15 is 0 Å². The van der Waals surface area contributed by atoms with E-state index in [-0.39, 0.29) is 0 Å². The third-order valence-corrected chi connectivity index (χ3v) is 3.45. The molecular weight excluding hydrogens is 230 g/mol. The molecule has 90 valence electrons. The number of hydrogen-bond donors (Lipinski definition) is 2. The lowest BCUT2D eigenvalue weighted by atomic mass is 10.1. The molecule has 0 aliphatic heterocycles. The Morgan fingerprint density at radius 3 is 2.47 bits per heavy atom. The summed E-state index contributed by atoms with van der Waals surface area (Å²) >= 11 is 1.74. The summed E-state index contributed by atoms with van der Waals surface area (Å²) in [6.45, 7) is 4.37. The summed E-state index contributed by atoms with van der Waals surface area (Å²) in [4.78, 5) is 5.57. The zero-order valence-corrected chi connectivity index (χ0v) is 10.8. The van der Waals surface area contributed by atoms with Gasteiger partial charge in [0.1, 0.15) is 5.01 Å². The van der Waals surface area contributed by atoms with Crippen molar-refractivity contribution in [3.05, 3.63) is 51.5 Å². The molecule has 3 nitrogen and oxygen atoms in total. The van der Waals surface area contributed by atoms with Gasteiger partial charge in [-0.1, -0.05) is 24.3 Å². The van der Waals surface area contributed by atoms with E-state index in [4.69, 9.17) is 5.73 Å². The molecule has 0 saturated heterocycles. The number of aromatic nitrogens is 1. The van der Waals surface area contributed by atoms with Crippen LogP contribution in [0.4, 0.5) is 0 Å². The second kappa shape index (κ2) is 5.91. The molecule has 0 spiro atoms. The lowest BCUT2D eigenvalue weighted by molar-refractivity contribution is 0.689. The van der Waals surface area contributed by atoms with Crippen LogP contribution in [0.3, 0.4) is 0 Å². The quantitative estimate of drug-likeness (QED) is 0.851. The van der Waals surface area contributed by atoms with Crippen LogP contribution >= 0.6 is 11.3 Å². The summed E-state index contributed by atoms with van der Waals surface area (Å²) in [5.74, 6) is 0. The number of hydrogen-bond acceptors (Lipinski definition) is 4. The molecule has 0 aliphatic rings. The summed E-state index contributed by atoms with van der Waals surface area (Å²) in [7, 11) is 0. The summed E-state index contributed by atoms with van der Waals surface area (Å²) in [6, 6.07) is 8.37. The van der Waals surface area contributed by atoms with Crippen molar-refractivity contribution in [3.63, 3.8) is 0 Å². The van der Waals surface area contributed by atoms with E-state index in [1.165, 1.54) is 16.0 Å². The van der Waals surface area contributed by atoms with Gasteiger partial charge in [-0.15, -0.1) is 11.3 Å². The Bertz CT molecular complexity index is 462. The van der Waals surface area contributed by atoms with E-state index in [1.807, 2.05) is 6.20 Å². The highest BCUT2D eigenvalue weighted by molar-refractivity contribution is 7.11. The monoisotopic (exact) mass is 247 g/mol. The van der Waals surface area contributed by atoms with Crippen LogP contribution in [0.5, 0.6) is 0 Å². The number of rotatable bonds is 5. The summed E-state index contributed by atoms with van der Waals surface area (Å²) < 4.78 is 0. The molecule has 1 aromatic carbocycles. The molecule has 0 amide bonds. The molecular formula is C13H17N3S. The predicted octanol–water partition coefficient (Wildman–Crippen LogP) is 2.20. The second-order valence-electron chi connectivity index (χ2n) is 3.99. The smallest absolute Gasteiger partial charge is 0.107 e. The van der Waals surface area contributed by atoms with Crippen molar-refractivity contribution in [1.29, 1.82) is 0 Å². The van der Waals surface area contributed by atoms with Crippen LogP contribution in [-0.4, -0.2) is 4.98 Å². The van der Waals surface area contributed by atoms with Gasteiger partial charge in [0, 0.05) is 30.7 Å². The molecule has 0 radical (unpaired) electrons. The first-order valence-electron chi connectivity index (χ1n) is 5.68. The molecule has 3 N–H and O–H groups in total. The Balaban J connectivity index is 1.81. The lowest BCUT2D eigenvalue weighted by Gasteiger charge is -2.04.